The number of aromatic amines is 1. The van der Waals surface area contributed by atoms with Gasteiger partial charge in [0.15, 0.2) is 0 Å². The molecule has 0 fully saturated rings. The van der Waals surface area contributed by atoms with Crippen molar-refractivity contribution in [2.24, 2.45) is 0 Å². The SMILES string of the molecule is Fc1[nH]nc2cc(I)ccc12. The van der Waals surface area contributed by atoms with Gasteiger partial charge in [-0.25, -0.2) is 0 Å². The minimum absolute atomic E-state index is 0.364. The largest absolute Gasteiger partial charge is 0.252 e. The molecule has 0 radical (unpaired) electrons. The molecule has 1 N–H and O–H groups in total. The normalized spacial score (nSPS) is 10.7. The summed E-state index contributed by atoms with van der Waals surface area (Å²) in [6.45, 7) is 0. The average Bonchev–Trinajstić information content (AvgIpc) is 2.32. The van der Waals surface area contributed by atoms with E-state index in [0.29, 0.717) is 10.9 Å². The van der Waals surface area contributed by atoms with Crippen molar-refractivity contribution in [1.82, 2.24) is 10.2 Å². The quantitative estimate of drug-likeness (QED) is 0.725. The molecule has 2 aromatic rings. The van der Waals surface area contributed by atoms with E-state index in [1.54, 1.807) is 6.07 Å². The molecule has 0 bridgehead atoms. The fourth-order valence-electron chi connectivity index (χ4n) is 0.952. The first kappa shape index (κ1) is 7.02. The van der Waals surface area contributed by atoms with Crippen molar-refractivity contribution in [3.63, 3.8) is 0 Å². The molecule has 0 aliphatic carbocycles. The number of H-pyrrole nitrogens is 1. The van der Waals surface area contributed by atoms with E-state index in [1.165, 1.54) is 0 Å². The van der Waals surface area contributed by atoms with Gasteiger partial charge >= 0.3 is 0 Å². The number of halogens is 2. The summed E-state index contributed by atoms with van der Waals surface area (Å²) in [5.41, 5.74) is 0.675. The summed E-state index contributed by atoms with van der Waals surface area (Å²) >= 11 is 2.16. The van der Waals surface area contributed by atoms with E-state index in [1.807, 2.05) is 12.1 Å². The van der Waals surface area contributed by atoms with Crippen LogP contribution in [0.2, 0.25) is 0 Å². The van der Waals surface area contributed by atoms with Gasteiger partial charge in [-0.15, -0.1) is 0 Å². The maximum atomic E-state index is 12.8. The van der Waals surface area contributed by atoms with Crippen molar-refractivity contribution in [2.75, 3.05) is 0 Å². The van der Waals surface area contributed by atoms with Crippen LogP contribution in [-0.2, 0) is 0 Å². The summed E-state index contributed by atoms with van der Waals surface area (Å²) in [5.74, 6) is -0.364. The Labute approximate surface area is 75.9 Å². The fourth-order valence-corrected chi connectivity index (χ4v) is 1.43. The first-order chi connectivity index (χ1) is 5.27. The molecule has 11 heavy (non-hydrogen) atoms. The van der Waals surface area contributed by atoms with Crippen LogP contribution < -0.4 is 0 Å². The van der Waals surface area contributed by atoms with Gasteiger partial charge in [0.25, 0.3) is 0 Å². The Bertz CT molecular complexity index is 396. The Hall–Kier alpha value is -0.650. The Morgan fingerprint density at radius 2 is 2.27 bits per heavy atom. The van der Waals surface area contributed by atoms with Crippen molar-refractivity contribution >= 4 is 33.5 Å². The lowest BCUT2D eigenvalue weighted by Crippen LogP contribution is -1.71. The van der Waals surface area contributed by atoms with Gasteiger partial charge in [-0.3, -0.25) is 5.10 Å². The predicted octanol–water partition coefficient (Wildman–Crippen LogP) is 2.31. The van der Waals surface area contributed by atoms with Gasteiger partial charge in [-0.05, 0) is 40.8 Å². The number of nitrogens with one attached hydrogen (secondary N) is 1. The third-order valence-corrected chi connectivity index (χ3v) is 2.14. The van der Waals surface area contributed by atoms with Gasteiger partial charge in [0, 0.05) is 3.57 Å². The topological polar surface area (TPSA) is 28.7 Å². The van der Waals surface area contributed by atoms with Gasteiger partial charge in [0.05, 0.1) is 10.9 Å². The van der Waals surface area contributed by atoms with Gasteiger partial charge in [0.2, 0.25) is 5.95 Å². The smallest absolute Gasteiger partial charge is 0.216 e. The van der Waals surface area contributed by atoms with Crippen molar-refractivity contribution in [2.45, 2.75) is 0 Å². The van der Waals surface area contributed by atoms with Gasteiger partial charge in [-0.2, -0.15) is 9.49 Å². The molecule has 1 heterocycles. The zero-order valence-electron chi connectivity index (χ0n) is 5.44. The molecule has 0 amide bonds. The van der Waals surface area contributed by atoms with Crippen LogP contribution in [0.5, 0.6) is 0 Å². The summed E-state index contributed by atoms with van der Waals surface area (Å²) in [7, 11) is 0. The molecular formula is C7H4FIN2. The van der Waals surface area contributed by atoms with E-state index in [4.69, 9.17) is 0 Å². The highest BCUT2D eigenvalue weighted by Gasteiger charge is 2.02. The Kier molecular flexibility index (Phi) is 1.56. The third kappa shape index (κ3) is 1.11. The fraction of sp³-hybridized carbons (Fsp3) is 0. The molecule has 0 saturated carbocycles. The molecular weight excluding hydrogens is 258 g/mol. The lowest BCUT2D eigenvalue weighted by Gasteiger charge is -1.87. The van der Waals surface area contributed by atoms with Crippen molar-refractivity contribution < 1.29 is 4.39 Å². The Balaban J connectivity index is 2.86. The summed E-state index contributed by atoms with van der Waals surface area (Å²) in [6, 6.07) is 5.40. The van der Waals surface area contributed by atoms with Crippen LogP contribution in [0.15, 0.2) is 18.2 Å². The monoisotopic (exact) mass is 262 g/mol. The molecule has 0 aliphatic rings. The maximum Gasteiger partial charge on any atom is 0.216 e. The van der Waals surface area contributed by atoms with E-state index in [2.05, 4.69) is 32.8 Å². The summed E-state index contributed by atoms with van der Waals surface area (Å²) in [6.07, 6.45) is 0. The van der Waals surface area contributed by atoms with E-state index in [9.17, 15) is 4.39 Å². The third-order valence-electron chi connectivity index (χ3n) is 1.47. The highest BCUT2D eigenvalue weighted by atomic mass is 127. The van der Waals surface area contributed by atoms with Crippen LogP contribution in [0, 0.1) is 9.52 Å². The van der Waals surface area contributed by atoms with Crippen molar-refractivity contribution in [1.29, 1.82) is 0 Å². The van der Waals surface area contributed by atoms with Gasteiger partial charge in [-0.1, -0.05) is 0 Å². The number of hydrogen-bond acceptors (Lipinski definition) is 1. The second-order valence-electron chi connectivity index (χ2n) is 2.20. The maximum absolute atomic E-state index is 12.8. The van der Waals surface area contributed by atoms with Crippen molar-refractivity contribution in [3.8, 4) is 0 Å². The van der Waals surface area contributed by atoms with Crippen molar-refractivity contribution in [3.05, 3.63) is 27.7 Å². The molecule has 2 nitrogen and oxygen atoms in total. The molecule has 0 unspecified atom stereocenters. The second-order valence-corrected chi connectivity index (χ2v) is 3.44. The summed E-state index contributed by atoms with van der Waals surface area (Å²) in [4.78, 5) is 0. The summed E-state index contributed by atoms with van der Waals surface area (Å²) < 4.78 is 13.8. The average molecular weight is 262 g/mol. The number of aromatic nitrogens is 2. The van der Waals surface area contributed by atoms with Crippen LogP contribution in [0.4, 0.5) is 4.39 Å². The van der Waals surface area contributed by atoms with Crippen LogP contribution in [-0.4, -0.2) is 10.2 Å². The van der Waals surface area contributed by atoms with Gasteiger partial charge in [0.1, 0.15) is 0 Å². The number of fused-ring (bicyclic) bond motifs is 1. The van der Waals surface area contributed by atoms with Gasteiger partial charge < -0.3 is 0 Å². The van der Waals surface area contributed by atoms with Crippen LogP contribution in [0.3, 0.4) is 0 Å². The highest BCUT2D eigenvalue weighted by molar-refractivity contribution is 14.1. The predicted molar refractivity (Wildman–Crippen MR) is 48.8 cm³/mol. The molecule has 2 rings (SSSR count). The second kappa shape index (κ2) is 2.44. The first-order valence-corrected chi connectivity index (χ1v) is 4.14. The van der Waals surface area contributed by atoms with E-state index in [0.717, 1.165) is 3.57 Å². The minimum Gasteiger partial charge on any atom is -0.252 e. The number of benzene rings is 1. The molecule has 0 saturated heterocycles. The molecule has 0 spiro atoms. The molecule has 56 valence electrons. The Morgan fingerprint density at radius 1 is 1.45 bits per heavy atom. The summed E-state index contributed by atoms with van der Waals surface area (Å²) in [5, 5.41) is 6.60. The van der Waals surface area contributed by atoms with Crippen LogP contribution >= 0.6 is 22.6 Å². The molecule has 1 aromatic carbocycles. The molecule has 0 aliphatic heterocycles. The number of nitrogens with zero attached hydrogens (tertiary/aromatic N) is 1. The van der Waals surface area contributed by atoms with E-state index >= 15 is 0 Å². The minimum atomic E-state index is -0.364. The standard InChI is InChI=1S/C7H4FIN2/c8-7-5-2-1-4(9)3-6(5)10-11-7/h1-3H,(H,10,11). The zero-order valence-corrected chi connectivity index (χ0v) is 7.59. The number of hydrogen-bond donors (Lipinski definition) is 1. The lowest BCUT2D eigenvalue weighted by atomic mass is 10.3. The van der Waals surface area contributed by atoms with E-state index in [-0.39, 0.29) is 5.95 Å². The van der Waals surface area contributed by atoms with Crippen LogP contribution in [0.1, 0.15) is 0 Å². The Morgan fingerprint density at radius 3 is 3.09 bits per heavy atom. The molecule has 4 heteroatoms. The number of rotatable bonds is 0. The highest BCUT2D eigenvalue weighted by Crippen LogP contribution is 2.16. The molecule has 1 aromatic heterocycles. The molecule has 0 atom stereocenters. The zero-order chi connectivity index (χ0) is 7.84. The first-order valence-electron chi connectivity index (χ1n) is 3.06. The van der Waals surface area contributed by atoms with E-state index < -0.39 is 0 Å². The van der Waals surface area contributed by atoms with Crippen LogP contribution in [0.25, 0.3) is 10.9 Å². The lowest BCUT2D eigenvalue weighted by molar-refractivity contribution is 0.588.